The molecule has 2 aromatic carbocycles. The van der Waals surface area contributed by atoms with Gasteiger partial charge in [0.05, 0.1) is 0 Å². The van der Waals surface area contributed by atoms with Crippen LogP contribution in [0.2, 0.25) is 0 Å². The molecule has 0 aromatic heterocycles. The molecule has 1 fully saturated rings. The van der Waals surface area contributed by atoms with Crippen LogP contribution >= 0.6 is 24.8 Å². The minimum absolute atomic E-state index is 0. The molecule has 1 N–H and O–H groups in total. The maximum atomic E-state index is 12.4. The van der Waals surface area contributed by atoms with Crippen LogP contribution in [-0.4, -0.2) is 55.5 Å². The molecule has 6 heteroatoms. The first-order chi connectivity index (χ1) is 11.7. The van der Waals surface area contributed by atoms with E-state index < -0.39 is 0 Å². The van der Waals surface area contributed by atoms with Crippen molar-refractivity contribution in [1.82, 2.24) is 15.1 Å². The van der Waals surface area contributed by atoms with Crippen molar-refractivity contribution in [2.45, 2.75) is 13.5 Å². The van der Waals surface area contributed by atoms with E-state index in [-0.39, 0.29) is 36.6 Å². The van der Waals surface area contributed by atoms with Gasteiger partial charge in [0.15, 0.2) is 0 Å². The number of hydrogen-bond acceptors (Lipinski definition) is 3. The molecule has 0 aliphatic carbocycles. The van der Waals surface area contributed by atoms with Crippen molar-refractivity contribution in [3.8, 4) is 0 Å². The molecule has 1 heterocycles. The lowest BCUT2D eigenvalue weighted by molar-refractivity contribution is -0.136. The quantitative estimate of drug-likeness (QED) is 0.841. The first kappa shape index (κ1) is 22.7. The van der Waals surface area contributed by atoms with Gasteiger partial charge < -0.3 is 10.2 Å². The van der Waals surface area contributed by atoms with E-state index in [1.807, 2.05) is 18.9 Å². The van der Waals surface area contributed by atoms with Gasteiger partial charge in [-0.15, -0.1) is 24.8 Å². The third-order valence-electron chi connectivity index (χ3n) is 4.89. The monoisotopic (exact) mass is 397 g/mol. The van der Waals surface area contributed by atoms with Gasteiger partial charge in [-0.3, -0.25) is 9.69 Å². The van der Waals surface area contributed by atoms with Gasteiger partial charge in [-0.05, 0) is 23.4 Å². The van der Waals surface area contributed by atoms with Gasteiger partial charge in [0.1, 0.15) is 0 Å². The number of nitrogens with one attached hydrogen (secondary N) is 1. The van der Waals surface area contributed by atoms with Crippen LogP contribution in [0.4, 0.5) is 0 Å². The Bertz CT molecular complexity index is 697. The number of nitrogens with zero attached hydrogens (tertiary/aromatic N) is 2. The number of amides is 1. The molecule has 4 nitrogen and oxygen atoms in total. The van der Waals surface area contributed by atoms with Crippen molar-refractivity contribution in [2.75, 3.05) is 39.8 Å². The summed E-state index contributed by atoms with van der Waals surface area (Å²) in [6.07, 6.45) is 0. The fourth-order valence-corrected chi connectivity index (χ4v) is 3.50. The smallest absolute Gasteiger partial charge is 0.226 e. The van der Waals surface area contributed by atoms with Gasteiger partial charge in [0.2, 0.25) is 5.91 Å². The molecular formula is C20H29Cl2N3O. The van der Waals surface area contributed by atoms with E-state index >= 15 is 0 Å². The predicted octanol–water partition coefficient (Wildman–Crippen LogP) is 3.18. The highest BCUT2D eigenvalue weighted by atomic mass is 35.5. The standard InChI is InChI=1S/C20H27N3O.2ClH/c1-16(14-21-2)20(24)23-12-10-22(11-13-23)15-18-8-5-7-17-6-3-4-9-19(17)18;;/h3-9,16,21H,10-15H2,1-2H3;2*1H. The Labute approximate surface area is 168 Å². The zero-order chi connectivity index (χ0) is 16.9. The summed E-state index contributed by atoms with van der Waals surface area (Å²) < 4.78 is 0. The van der Waals surface area contributed by atoms with Crippen LogP contribution in [-0.2, 0) is 11.3 Å². The molecule has 0 spiro atoms. The zero-order valence-electron chi connectivity index (χ0n) is 15.5. The molecule has 1 aliphatic rings. The minimum atomic E-state index is 0. The van der Waals surface area contributed by atoms with Crippen LogP contribution < -0.4 is 5.32 Å². The number of rotatable bonds is 5. The molecule has 1 saturated heterocycles. The topological polar surface area (TPSA) is 35.6 Å². The van der Waals surface area contributed by atoms with Crippen LogP contribution in [0.15, 0.2) is 42.5 Å². The summed E-state index contributed by atoms with van der Waals surface area (Å²) in [5.41, 5.74) is 1.37. The second-order valence-electron chi connectivity index (χ2n) is 6.70. The molecule has 0 radical (unpaired) electrons. The zero-order valence-corrected chi connectivity index (χ0v) is 17.1. The Morgan fingerprint density at radius 2 is 1.69 bits per heavy atom. The fraction of sp³-hybridized carbons (Fsp3) is 0.450. The number of fused-ring (bicyclic) bond motifs is 1. The molecule has 1 atom stereocenters. The third-order valence-corrected chi connectivity index (χ3v) is 4.89. The van der Waals surface area contributed by atoms with Gasteiger partial charge >= 0.3 is 0 Å². The SMILES string of the molecule is CNCC(C)C(=O)N1CCN(Cc2cccc3ccccc23)CC1.Cl.Cl. The van der Waals surface area contributed by atoms with Crippen molar-refractivity contribution in [2.24, 2.45) is 5.92 Å². The lowest BCUT2D eigenvalue weighted by atomic mass is 10.0. The number of benzene rings is 2. The maximum Gasteiger partial charge on any atom is 0.226 e. The number of hydrogen-bond donors (Lipinski definition) is 1. The van der Waals surface area contributed by atoms with Gasteiger partial charge in [-0.25, -0.2) is 0 Å². The molecule has 2 aromatic rings. The van der Waals surface area contributed by atoms with Crippen LogP contribution in [0, 0.1) is 5.92 Å². The normalized spacial score (nSPS) is 15.8. The average molecular weight is 398 g/mol. The lowest BCUT2D eigenvalue weighted by Crippen LogP contribution is -2.50. The van der Waals surface area contributed by atoms with Gasteiger partial charge in [-0.2, -0.15) is 0 Å². The molecule has 0 bridgehead atoms. The molecule has 0 saturated carbocycles. The van der Waals surface area contributed by atoms with E-state index in [9.17, 15) is 4.79 Å². The molecular weight excluding hydrogens is 369 g/mol. The van der Waals surface area contributed by atoms with Crippen LogP contribution in [0.1, 0.15) is 12.5 Å². The second kappa shape index (κ2) is 10.7. The van der Waals surface area contributed by atoms with E-state index in [1.165, 1.54) is 16.3 Å². The van der Waals surface area contributed by atoms with Crippen molar-refractivity contribution in [1.29, 1.82) is 0 Å². The van der Waals surface area contributed by atoms with Gasteiger partial charge in [-0.1, -0.05) is 49.4 Å². The summed E-state index contributed by atoms with van der Waals surface area (Å²) in [7, 11) is 1.89. The fourth-order valence-electron chi connectivity index (χ4n) is 3.50. The van der Waals surface area contributed by atoms with Gasteiger partial charge in [0, 0.05) is 45.2 Å². The molecule has 26 heavy (non-hydrogen) atoms. The summed E-state index contributed by atoms with van der Waals surface area (Å²) in [4.78, 5) is 16.9. The van der Waals surface area contributed by atoms with Crippen molar-refractivity contribution in [3.63, 3.8) is 0 Å². The van der Waals surface area contributed by atoms with Crippen LogP contribution in [0.25, 0.3) is 10.8 Å². The van der Waals surface area contributed by atoms with Crippen LogP contribution in [0.3, 0.4) is 0 Å². The average Bonchev–Trinajstić information content (AvgIpc) is 2.62. The Morgan fingerprint density at radius 1 is 1.04 bits per heavy atom. The highest BCUT2D eigenvalue weighted by Crippen LogP contribution is 2.20. The van der Waals surface area contributed by atoms with E-state index in [4.69, 9.17) is 0 Å². The number of halogens is 2. The van der Waals surface area contributed by atoms with E-state index in [2.05, 4.69) is 52.7 Å². The van der Waals surface area contributed by atoms with Crippen molar-refractivity contribution < 1.29 is 4.79 Å². The Balaban J connectivity index is 0.00000169. The molecule has 1 aliphatic heterocycles. The minimum Gasteiger partial charge on any atom is -0.340 e. The molecule has 144 valence electrons. The number of piperazine rings is 1. The Hall–Kier alpha value is -1.33. The molecule has 3 rings (SSSR count). The first-order valence-electron chi connectivity index (χ1n) is 8.81. The summed E-state index contributed by atoms with van der Waals surface area (Å²) in [5, 5.41) is 5.72. The Kier molecular flexibility index (Phi) is 9.37. The largest absolute Gasteiger partial charge is 0.340 e. The maximum absolute atomic E-state index is 12.4. The van der Waals surface area contributed by atoms with E-state index in [0.29, 0.717) is 0 Å². The first-order valence-corrected chi connectivity index (χ1v) is 8.81. The van der Waals surface area contributed by atoms with Crippen LogP contribution in [0.5, 0.6) is 0 Å². The lowest BCUT2D eigenvalue weighted by Gasteiger charge is -2.36. The highest BCUT2D eigenvalue weighted by Gasteiger charge is 2.24. The summed E-state index contributed by atoms with van der Waals surface area (Å²) in [5.74, 6) is 0.328. The number of carbonyl (C=O) groups excluding carboxylic acids is 1. The van der Waals surface area contributed by atoms with Gasteiger partial charge in [0.25, 0.3) is 0 Å². The number of carbonyl (C=O) groups is 1. The highest BCUT2D eigenvalue weighted by molar-refractivity contribution is 5.86. The second-order valence-corrected chi connectivity index (χ2v) is 6.70. The molecule has 1 amide bonds. The third kappa shape index (κ3) is 5.34. The summed E-state index contributed by atoms with van der Waals surface area (Å²) in [6, 6.07) is 15.1. The van der Waals surface area contributed by atoms with Crippen molar-refractivity contribution >= 4 is 41.5 Å². The summed E-state index contributed by atoms with van der Waals surface area (Å²) in [6.45, 7) is 7.25. The van der Waals surface area contributed by atoms with E-state index in [0.717, 1.165) is 39.3 Å². The Morgan fingerprint density at radius 3 is 2.38 bits per heavy atom. The summed E-state index contributed by atoms with van der Waals surface area (Å²) >= 11 is 0. The van der Waals surface area contributed by atoms with Crippen molar-refractivity contribution in [3.05, 3.63) is 48.0 Å². The van der Waals surface area contributed by atoms with E-state index in [1.54, 1.807) is 0 Å². The predicted molar refractivity (Wildman–Crippen MR) is 113 cm³/mol. The molecule has 1 unspecified atom stereocenters.